The second-order valence-electron chi connectivity index (χ2n) is 7.19. The molecule has 0 aliphatic carbocycles. The number of halogens is 3. The topological polar surface area (TPSA) is 84.9 Å². The molecule has 0 aromatic heterocycles. The second-order valence-corrected chi connectivity index (χ2v) is 7.19. The van der Waals surface area contributed by atoms with Gasteiger partial charge in [-0.15, -0.1) is 13.2 Å². The van der Waals surface area contributed by atoms with E-state index in [1.165, 1.54) is 18.2 Å². The van der Waals surface area contributed by atoms with E-state index in [1.807, 2.05) is 20.8 Å². The summed E-state index contributed by atoms with van der Waals surface area (Å²) in [5.41, 5.74) is -0.223. The van der Waals surface area contributed by atoms with Gasteiger partial charge in [0.05, 0.1) is 23.9 Å². The Labute approximate surface area is 165 Å². The lowest BCUT2D eigenvalue weighted by Crippen LogP contribution is -2.20. The molecular weight excluding hydrogens is 391 g/mol. The number of carbonyl (C=O) groups is 2. The molecule has 2 aromatic carbocycles. The van der Waals surface area contributed by atoms with Crippen LogP contribution in [-0.4, -0.2) is 30.5 Å². The highest BCUT2D eigenvalue weighted by atomic mass is 19.4. The molecule has 9 heteroatoms. The van der Waals surface area contributed by atoms with Gasteiger partial charge < -0.3 is 19.9 Å². The summed E-state index contributed by atoms with van der Waals surface area (Å²) in [5, 5.41) is 12.3. The minimum absolute atomic E-state index is 0.118. The van der Waals surface area contributed by atoms with Gasteiger partial charge in [-0.2, -0.15) is 0 Å². The zero-order valence-corrected chi connectivity index (χ0v) is 16.2. The van der Waals surface area contributed by atoms with Crippen LogP contribution in [0, 0.1) is 0 Å². The number of hydrogen-bond donors (Lipinski definition) is 2. The zero-order chi connectivity index (χ0) is 22.0. The lowest BCUT2D eigenvalue weighted by atomic mass is 9.86. The minimum atomic E-state index is -5.05. The summed E-state index contributed by atoms with van der Waals surface area (Å²) in [7, 11) is 1.08. The smallest absolute Gasteiger partial charge is 0.507 e. The predicted molar refractivity (Wildman–Crippen MR) is 99.2 cm³/mol. The van der Waals surface area contributed by atoms with E-state index in [0.717, 1.165) is 24.8 Å². The van der Waals surface area contributed by atoms with Crippen LogP contribution in [0.25, 0.3) is 0 Å². The molecule has 0 saturated carbocycles. The Bertz CT molecular complexity index is 933. The number of aromatic hydroxyl groups is 1. The average molecular weight is 411 g/mol. The van der Waals surface area contributed by atoms with E-state index >= 15 is 0 Å². The van der Waals surface area contributed by atoms with Crippen LogP contribution in [0.3, 0.4) is 0 Å². The highest BCUT2D eigenvalue weighted by molar-refractivity contribution is 6.07. The van der Waals surface area contributed by atoms with E-state index in [9.17, 15) is 27.9 Å². The number of phenols is 1. The molecule has 1 amide bonds. The molecular formula is C20H20F3NO5. The van der Waals surface area contributed by atoms with Crippen LogP contribution in [-0.2, 0) is 10.2 Å². The number of phenolic OH excluding ortho intramolecular Hbond substituents is 1. The van der Waals surface area contributed by atoms with Crippen LogP contribution < -0.4 is 10.1 Å². The molecule has 0 atom stereocenters. The highest BCUT2D eigenvalue weighted by Gasteiger charge is 2.33. The van der Waals surface area contributed by atoms with E-state index in [1.54, 1.807) is 6.07 Å². The van der Waals surface area contributed by atoms with Gasteiger partial charge in [-0.1, -0.05) is 26.8 Å². The van der Waals surface area contributed by atoms with Crippen LogP contribution in [0.15, 0.2) is 36.4 Å². The Hall–Kier alpha value is -3.23. The van der Waals surface area contributed by atoms with E-state index in [2.05, 4.69) is 14.8 Å². The maximum absolute atomic E-state index is 12.8. The van der Waals surface area contributed by atoms with E-state index in [-0.39, 0.29) is 28.0 Å². The fraction of sp³-hybridized carbons (Fsp3) is 0.300. The van der Waals surface area contributed by atoms with Gasteiger partial charge in [-0.25, -0.2) is 4.79 Å². The molecule has 2 aromatic rings. The monoisotopic (exact) mass is 411 g/mol. The minimum Gasteiger partial charge on any atom is -0.507 e. The van der Waals surface area contributed by atoms with Crippen molar-refractivity contribution in [1.29, 1.82) is 0 Å². The van der Waals surface area contributed by atoms with Crippen molar-refractivity contribution in [3.63, 3.8) is 0 Å². The van der Waals surface area contributed by atoms with E-state index in [0.29, 0.717) is 0 Å². The van der Waals surface area contributed by atoms with Crippen LogP contribution in [0.4, 0.5) is 18.9 Å². The number of alkyl halides is 3. The largest absolute Gasteiger partial charge is 0.573 e. The van der Waals surface area contributed by atoms with Crippen molar-refractivity contribution in [2.24, 2.45) is 0 Å². The molecule has 0 radical (unpaired) electrons. The summed E-state index contributed by atoms with van der Waals surface area (Å²) in [6, 6.07) is 7.50. The number of amides is 1. The van der Waals surface area contributed by atoms with Crippen molar-refractivity contribution in [3.05, 3.63) is 53.1 Å². The lowest BCUT2D eigenvalue weighted by Gasteiger charge is -2.20. The van der Waals surface area contributed by atoms with Crippen molar-refractivity contribution >= 4 is 17.6 Å². The third-order valence-electron chi connectivity index (χ3n) is 3.98. The van der Waals surface area contributed by atoms with Crippen LogP contribution in [0.5, 0.6) is 11.5 Å². The first-order valence-corrected chi connectivity index (χ1v) is 8.45. The number of anilines is 1. The summed E-state index contributed by atoms with van der Waals surface area (Å²) in [6.45, 7) is 5.71. The Kier molecular flexibility index (Phi) is 6.10. The predicted octanol–water partition coefficient (Wildman–Crippen LogP) is 4.63. The number of nitrogens with one attached hydrogen (secondary N) is 1. The molecule has 0 unspecified atom stereocenters. The van der Waals surface area contributed by atoms with E-state index in [4.69, 9.17) is 0 Å². The summed E-state index contributed by atoms with van der Waals surface area (Å²) in [6.07, 6.45) is -5.05. The molecule has 0 heterocycles. The highest BCUT2D eigenvalue weighted by Crippen LogP contribution is 2.33. The van der Waals surface area contributed by atoms with Crippen molar-refractivity contribution in [2.45, 2.75) is 32.5 Å². The fourth-order valence-electron chi connectivity index (χ4n) is 2.45. The standard InChI is InChI=1S/C20H20F3NO5/c1-19(2,3)12-6-8-15(25)13(10-12)17(26)24-14-7-5-11(18(27)28-4)9-16(14)29-20(21,22)23/h5-10,25H,1-4H3,(H,24,26). The molecule has 2 rings (SSSR count). The number of esters is 1. The Morgan fingerprint density at radius 2 is 1.69 bits per heavy atom. The van der Waals surface area contributed by atoms with Crippen LogP contribution in [0.1, 0.15) is 47.1 Å². The molecule has 0 fully saturated rings. The first kappa shape index (κ1) is 22.1. The van der Waals surface area contributed by atoms with Gasteiger partial charge in [0.1, 0.15) is 5.75 Å². The molecule has 0 saturated heterocycles. The Morgan fingerprint density at radius 3 is 2.24 bits per heavy atom. The molecule has 0 spiro atoms. The number of rotatable bonds is 4. The maximum atomic E-state index is 12.8. The molecule has 29 heavy (non-hydrogen) atoms. The number of carbonyl (C=O) groups excluding carboxylic acids is 2. The molecule has 2 N–H and O–H groups in total. The number of hydrogen-bond acceptors (Lipinski definition) is 5. The van der Waals surface area contributed by atoms with Gasteiger partial charge in [0, 0.05) is 0 Å². The van der Waals surface area contributed by atoms with Gasteiger partial charge >= 0.3 is 12.3 Å². The third kappa shape index (κ3) is 5.63. The van der Waals surface area contributed by atoms with Crippen molar-refractivity contribution < 1.29 is 37.3 Å². The molecule has 156 valence electrons. The molecule has 0 aliphatic rings. The van der Waals surface area contributed by atoms with Crippen molar-refractivity contribution in [2.75, 3.05) is 12.4 Å². The van der Waals surface area contributed by atoms with Gasteiger partial charge in [0.2, 0.25) is 0 Å². The first-order chi connectivity index (χ1) is 13.3. The molecule has 6 nitrogen and oxygen atoms in total. The van der Waals surface area contributed by atoms with Crippen LogP contribution in [0.2, 0.25) is 0 Å². The summed E-state index contributed by atoms with van der Waals surface area (Å²) in [4.78, 5) is 24.2. The SMILES string of the molecule is COC(=O)c1ccc(NC(=O)c2cc(C(C)(C)C)ccc2O)c(OC(F)(F)F)c1. The fourth-order valence-corrected chi connectivity index (χ4v) is 2.45. The normalized spacial score (nSPS) is 11.7. The van der Waals surface area contributed by atoms with Crippen LogP contribution >= 0.6 is 0 Å². The maximum Gasteiger partial charge on any atom is 0.573 e. The quantitative estimate of drug-likeness (QED) is 0.717. The summed E-state index contributed by atoms with van der Waals surface area (Å²) < 4.78 is 46.7. The van der Waals surface area contributed by atoms with Crippen molar-refractivity contribution in [3.8, 4) is 11.5 Å². The first-order valence-electron chi connectivity index (χ1n) is 8.45. The molecule has 0 aliphatic heterocycles. The van der Waals surface area contributed by atoms with Crippen molar-refractivity contribution in [1.82, 2.24) is 0 Å². The zero-order valence-electron chi connectivity index (χ0n) is 16.2. The summed E-state index contributed by atoms with van der Waals surface area (Å²) in [5.74, 6) is -2.84. The third-order valence-corrected chi connectivity index (χ3v) is 3.98. The van der Waals surface area contributed by atoms with Gasteiger partial charge in [-0.3, -0.25) is 4.79 Å². The number of benzene rings is 2. The lowest BCUT2D eigenvalue weighted by molar-refractivity contribution is -0.274. The average Bonchev–Trinajstić information content (AvgIpc) is 2.60. The Balaban J connectivity index is 2.42. The Morgan fingerprint density at radius 1 is 1.03 bits per heavy atom. The van der Waals surface area contributed by atoms with Gasteiger partial charge in [0.25, 0.3) is 5.91 Å². The second kappa shape index (κ2) is 8.02. The number of methoxy groups -OCH3 is 1. The summed E-state index contributed by atoms with van der Waals surface area (Å²) >= 11 is 0. The number of ether oxygens (including phenoxy) is 2. The van der Waals surface area contributed by atoms with Gasteiger partial charge in [0.15, 0.2) is 5.75 Å². The molecule has 0 bridgehead atoms. The van der Waals surface area contributed by atoms with Gasteiger partial charge in [-0.05, 0) is 41.3 Å². The van der Waals surface area contributed by atoms with E-state index < -0.39 is 24.0 Å².